The lowest BCUT2D eigenvalue weighted by molar-refractivity contribution is -0.167. The molecule has 6 heteroatoms. The van der Waals surface area contributed by atoms with Gasteiger partial charge in [0.1, 0.15) is 13.2 Å². The van der Waals surface area contributed by atoms with E-state index in [0.29, 0.717) is 19.3 Å². The summed E-state index contributed by atoms with van der Waals surface area (Å²) in [5.74, 6) is -0.851. The summed E-state index contributed by atoms with van der Waals surface area (Å²) in [7, 11) is 0. The number of esters is 3. The van der Waals surface area contributed by atoms with Crippen molar-refractivity contribution in [1.29, 1.82) is 0 Å². The van der Waals surface area contributed by atoms with Crippen molar-refractivity contribution in [2.45, 2.75) is 271 Å². The van der Waals surface area contributed by atoms with Gasteiger partial charge in [0.05, 0.1) is 0 Å². The number of hydrogen-bond donors (Lipinski definition) is 0. The number of rotatable bonds is 43. The van der Waals surface area contributed by atoms with Gasteiger partial charge < -0.3 is 14.2 Å². The molecule has 0 saturated carbocycles. The van der Waals surface area contributed by atoms with E-state index in [1.54, 1.807) is 0 Å². The molecular weight excluding hydrogens is 661 g/mol. The Morgan fingerprint density at radius 1 is 0.302 bits per heavy atom. The van der Waals surface area contributed by atoms with Crippen LogP contribution in [0.3, 0.4) is 0 Å². The maximum atomic E-state index is 12.7. The van der Waals surface area contributed by atoms with Gasteiger partial charge in [-0.05, 0) is 19.3 Å². The normalized spacial score (nSPS) is 11.8. The molecule has 0 amide bonds. The molecule has 0 bridgehead atoms. The van der Waals surface area contributed by atoms with Crippen LogP contribution < -0.4 is 0 Å². The summed E-state index contributed by atoms with van der Waals surface area (Å²) in [6.45, 7) is 6.64. The first-order valence-electron chi connectivity index (χ1n) is 23.5. The Bertz CT molecular complexity index is 783. The second-order valence-electron chi connectivity index (χ2n) is 16.0. The Morgan fingerprint density at radius 3 is 0.755 bits per heavy atom. The molecule has 6 nitrogen and oxygen atoms in total. The smallest absolute Gasteiger partial charge is 0.306 e. The Labute approximate surface area is 329 Å². The highest BCUT2D eigenvalue weighted by Crippen LogP contribution is 2.16. The second-order valence-corrected chi connectivity index (χ2v) is 16.0. The van der Waals surface area contributed by atoms with Crippen LogP contribution in [0.15, 0.2) is 0 Å². The van der Waals surface area contributed by atoms with Crippen LogP contribution in [0.4, 0.5) is 0 Å². The highest BCUT2D eigenvalue weighted by atomic mass is 16.6. The van der Waals surface area contributed by atoms with Gasteiger partial charge in [0.15, 0.2) is 6.10 Å². The monoisotopic (exact) mass is 751 g/mol. The molecule has 1 atom stereocenters. The van der Waals surface area contributed by atoms with Crippen LogP contribution in [0.2, 0.25) is 0 Å². The number of ether oxygens (including phenoxy) is 3. The van der Waals surface area contributed by atoms with E-state index < -0.39 is 6.10 Å². The first kappa shape index (κ1) is 51.4. The Morgan fingerprint density at radius 2 is 0.509 bits per heavy atom. The topological polar surface area (TPSA) is 78.9 Å². The highest BCUT2D eigenvalue weighted by molar-refractivity contribution is 5.71. The van der Waals surface area contributed by atoms with E-state index in [2.05, 4.69) is 20.8 Å². The van der Waals surface area contributed by atoms with Crippen molar-refractivity contribution in [2.75, 3.05) is 13.2 Å². The Hall–Kier alpha value is -1.59. The maximum Gasteiger partial charge on any atom is 0.306 e. The molecule has 0 unspecified atom stereocenters. The molecule has 0 N–H and O–H groups in total. The molecule has 53 heavy (non-hydrogen) atoms. The molecule has 0 aromatic carbocycles. The van der Waals surface area contributed by atoms with E-state index in [1.165, 1.54) is 167 Å². The van der Waals surface area contributed by atoms with Gasteiger partial charge in [0.25, 0.3) is 0 Å². The summed E-state index contributed by atoms with van der Waals surface area (Å²) < 4.78 is 16.7. The summed E-state index contributed by atoms with van der Waals surface area (Å²) in [6.07, 6.45) is 43.7. The predicted molar refractivity (Wildman–Crippen MR) is 224 cm³/mol. The molecule has 0 aliphatic carbocycles. The quantitative estimate of drug-likeness (QED) is 0.0351. The predicted octanol–water partition coefficient (Wildman–Crippen LogP) is 14.9. The minimum Gasteiger partial charge on any atom is -0.462 e. The Balaban J connectivity index is 4.29. The second kappa shape index (κ2) is 43.1. The molecule has 0 aromatic heterocycles. The third-order valence-electron chi connectivity index (χ3n) is 10.6. The lowest BCUT2D eigenvalue weighted by Gasteiger charge is -2.18. The summed E-state index contributed by atoms with van der Waals surface area (Å²) >= 11 is 0. The number of hydrogen-bond acceptors (Lipinski definition) is 6. The molecule has 314 valence electrons. The van der Waals surface area contributed by atoms with Crippen molar-refractivity contribution in [3.05, 3.63) is 0 Å². The molecule has 0 aliphatic rings. The fraction of sp³-hybridized carbons (Fsp3) is 0.936. The van der Waals surface area contributed by atoms with Crippen LogP contribution in [0.1, 0.15) is 265 Å². The fourth-order valence-corrected chi connectivity index (χ4v) is 7.03. The van der Waals surface area contributed by atoms with Crippen molar-refractivity contribution in [1.82, 2.24) is 0 Å². The minimum atomic E-state index is -0.757. The average Bonchev–Trinajstić information content (AvgIpc) is 3.15. The minimum absolute atomic E-state index is 0.0626. The van der Waals surface area contributed by atoms with Crippen LogP contribution >= 0.6 is 0 Å². The first-order chi connectivity index (χ1) is 26.0. The van der Waals surface area contributed by atoms with E-state index in [4.69, 9.17) is 14.2 Å². The third kappa shape index (κ3) is 41.4. The van der Waals surface area contributed by atoms with Crippen LogP contribution in [0.5, 0.6) is 0 Å². The van der Waals surface area contributed by atoms with Crippen LogP contribution in [0, 0.1) is 0 Å². The van der Waals surface area contributed by atoms with Gasteiger partial charge in [0.2, 0.25) is 0 Å². The zero-order valence-electron chi connectivity index (χ0n) is 35.8. The first-order valence-corrected chi connectivity index (χ1v) is 23.5. The van der Waals surface area contributed by atoms with E-state index in [-0.39, 0.29) is 31.1 Å². The molecular formula is C47H90O6. The third-order valence-corrected chi connectivity index (χ3v) is 10.6. The molecule has 0 fully saturated rings. The lowest BCUT2D eigenvalue weighted by Crippen LogP contribution is -2.30. The van der Waals surface area contributed by atoms with Gasteiger partial charge in [-0.1, -0.05) is 226 Å². The van der Waals surface area contributed by atoms with Crippen LogP contribution in [-0.4, -0.2) is 37.2 Å². The molecule has 0 heterocycles. The van der Waals surface area contributed by atoms with Gasteiger partial charge in [-0.15, -0.1) is 0 Å². The van der Waals surface area contributed by atoms with Gasteiger partial charge in [0, 0.05) is 19.3 Å². The highest BCUT2D eigenvalue weighted by Gasteiger charge is 2.19. The maximum absolute atomic E-state index is 12.7. The molecule has 0 aromatic rings. The summed E-state index contributed by atoms with van der Waals surface area (Å²) in [6, 6.07) is 0. The van der Waals surface area contributed by atoms with Crippen molar-refractivity contribution in [3.63, 3.8) is 0 Å². The molecule has 0 aliphatic heterocycles. The Kier molecular flexibility index (Phi) is 41.8. The van der Waals surface area contributed by atoms with E-state index in [1.807, 2.05) is 0 Å². The lowest BCUT2D eigenvalue weighted by atomic mass is 10.0. The average molecular weight is 751 g/mol. The van der Waals surface area contributed by atoms with Gasteiger partial charge in [-0.3, -0.25) is 14.4 Å². The standard InChI is InChI=1S/C47H90O6/c1-4-7-10-13-16-19-21-23-24-26-28-31-34-37-40-46(49)52-43-44(42-51-45(48)39-36-33-30-27-18-15-12-9-6-3)53-47(50)41-38-35-32-29-25-22-20-17-14-11-8-5-2/h44H,4-43H2,1-3H3/t44-/m1/s1. The summed E-state index contributed by atoms with van der Waals surface area (Å²) in [4.78, 5) is 37.7. The summed E-state index contributed by atoms with van der Waals surface area (Å²) in [5.41, 5.74) is 0. The zero-order valence-corrected chi connectivity index (χ0v) is 35.8. The number of carbonyl (C=O) groups excluding carboxylic acids is 3. The van der Waals surface area contributed by atoms with Crippen molar-refractivity contribution >= 4 is 17.9 Å². The zero-order chi connectivity index (χ0) is 38.7. The van der Waals surface area contributed by atoms with Gasteiger partial charge in [-0.2, -0.15) is 0 Å². The number of unbranched alkanes of at least 4 members (excludes halogenated alkanes) is 32. The number of carbonyl (C=O) groups is 3. The largest absolute Gasteiger partial charge is 0.462 e. The van der Waals surface area contributed by atoms with E-state index in [9.17, 15) is 14.4 Å². The van der Waals surface area contributed by atoms with Crippen LogP contribution in [0.25, 0.3) is 0 Å². The van der Waals surface area contributed by atoms with Crippen molar-refractivity contribution in [2.24, 2.45) is 0 Å². The molecule has 0 saturated heterocycles. The molecule has 0 rings (SSSR count). The summed E-state index contributed by atoms with van der Waals surface area (Å²) in [5, 5.41) is 0. The molecule has 0 radical (unpaired) electrons. The van der Waals surface area contributed by atoms with E-state index >= 15 is 0 Å². The van der Waals surface area contributed by atoms with Crippen LogP contribution in [-0.2, 0) is 28.6 Å². The van der Waals surface area contributed by atoms with Gasteiger partial charge in [-0.25, -0.2) is 0 Å². The van der Waals surface area contributed by atoms with Crippen molar-refractivity contribution in [3.8, 4) is 0 Å². The fourth-order valence-electron chi connectivity index (χ4n) is 7.03. The van der Waals surface area contributed by atoms with Crippen molar-refractivity contribution < 1.29 is 28.6 Å². The van der Waals surface area contributed by atoms with Gasteiger partial charge >= 0.3 is 17.9 Å². The van der Waals surface area contributed by atoms with E-state index in [0.717, 1.165) is 57.8 Å². The SMILES string of the molecule is CCCCCCCCCCCCCCCCC(=O)OC[C@@H](COC(=O)CCCCCCCCCCC)OC(=O)CCCCCCCCCCCCCC. The molecule has 0 spiro atoms.